The normalized spacial score (nSPS) is 13.7. The molecule has 0 aromatic carbocycles. The van der Waals surface area contributed by atoms with E-state index in [0.717, 1.165) is 19.0 Å². The minimum atomic E-state index is 0. The summed E-state index contributed by atoms with van der Waals surface area (Å²) < 4.78 is 0.201. The molecular weight excluding hydrogens is 427 g/mol. The summed E-state index contributed by atoms with van der Waals surface area (Å²) in [7, 11) is 6.04. The molecule has 0 aliphatic rings. The molecule has 0 fully saturated rings. The van der Waals surface area contributed by atoms with Gasteiger partial charge < -0.3 is 15.5 Å². The minimum absolute atomic E-state index is 0. The molecule has 0 saturated carbocycles. The number of nitrogens with zero attached hydrogens (tertiary/aromatic N) is 2. The van der Waals surface area contributed by atoms with Gasteiger partial charge in [-0.2, -0.15) is 11.8 Å². The first-order valence-corrected chi connectivity index (χ1v) is 9.19. The highest BCUT2D eigenvalue weighted by Gasteiger charge is 2.18. The average molecular weight is 456 g/mol. The molecule has 0 aliphatic carbocycles. The highest BCUT2D eigenvalue weighted by atomic mass is 127. The van der Waals surface area contributed by atoms with Gasteiger partial charge in [0.25, 0.3) is 0 Å². The molecule has 2 N–H and O–H groups in total. The van der Waals surface area contributed by atoms with Gasteiger partial charge >= 0.3 is 0 Å². The Kier molecular flexibility index (Phi) is 10.7. The minimum Gasteiger partial charge on any atom is -0.355 e. The van der Waals surface area contributed by atoms with Crippen LogP contribution in [-0.4, -0.2) is 56.1 Å². The smallest absolute Gasteiger partial charge is 0.191 e. The summed E-state index contributed by atoms with van der Waals surface area (Å²) in [5.74, 6) is 0.862. The van der Waals surface area contributed by atoms with Crippen molar-refractivity contribution in [3.8, 4) is 0 Å². The van der Waals surface area contributed by atoms with E-state index in [1.54, 1.807) is 11.3 Å². The van der Waals surface area contributed by atoms with E-state index in [0.29, 0.717) is 6.04 Å². The van der Waals surface area contributed by atoms with Gasteiger partial charge in [-0.15, -0.1) is 35.3 Å². The number of hydrogen-bond acceptors (Lipinski definition) is 4. The number of halogens is 1. The van der Waals surface area contributed by atoms with E-state index in [4.69, 9.17) is 0 Å². The second-order valence-corrected chi connectivity index (χ2v) is 8.26. The number of hydrogen-bond donors (Lipinski definition) is 2. The molecule has 7 heteroatoms. The zero-order valence-electron chi connectivity index (χ0n) is 14.3. The first kappa shape index (κ1) is 22.0. The lowest BCUT2D eigenvalue weighted by Gasteiger charge is -2.26. The highest BCUT2D eigenvalue weighted by molar-refractivity contribution is 14.0. The van der Waals surface area contributed by atoms with Crippen molar-refractivity contribution < 1.29 is 0 Å². The van der Waals surface area contributed by atoms with Crippen molar-refractivity contribution in [3.63, 3.8) is 0 Å². The van der Waals surface area contributed by atoms with Crippen LogP contribution >= 0.6 is 47.1 Å². The number of guanidine groups is 1. The quantitative estimate of drug-likeness (QED) is 0.376. The zero-order chi connectivity index (χ0) is 15.9. The van der Waals surface area contributed by atoms with E-state index < -0.39 is 0 Å². The van der Waals surface area contributed by atoms with Crippen LogP contribution in [0, 0.1) is 0 Å². The Bertz CT molecular complexity index is 433. The van der Waals surface area contributed by atoms with E-state index in [9.17, 15) is 0 Å². The van der Waals surface area contributed by atoms with Gasteiger partial charge in [0, 0.05) is 29.8 Å². The highest BCUT2D eigenvalue weighted by Crippen LogP contribution is 2.22. The molecule has 4 nitrogen and oxygen atoms in total. The van der Waals surface area contributed by atoms with Gasteiger partial charge in [-0.25, -0.2) is 0 Å². The van der Waals surface area contributed by atoms with Crippen molar-refractivity contribution in [3.05, 3.63) is 22.4 Å². The topological polar surface area (TPSA) is 39.7 Å². The number of nitrogens with one attached hydrogen (secondary N) is 2. The Morgan fingerprint density at radius 2 is 2.09 bits per heavy atom. The molecule has 0 radical (unpaired) electrons. The maximum Gasteiger partial charge on any atom is 0.191 e. The molecule has 1 heterocycles. The lowest BCUT2D eigenvalue weighted by Crippen LogP contribution is -2.45. The standard InChI is InChI=1S/C15H28N4S2.HI/c1-15(2,20-6)11-18-14(16-3)17-10-12(19(4)5)13-8-7-9-21-13;/h7-9,12H,10-11H2,1-6H3,(H2,16,17,18);1H. The van der Waals surface area contributed by atoms with E-state index in [1.807, 2.05) is 18.8 Å². The average Bonchev–Trinajstić information content (AvgIpc) is 2.96. The Labute approximate surface area is 160 Å². The van der Waals surface area contributed by atoms with Crippen molar-refractivity contribution in [1.29, 1.82) is 0 Å². The third-order valence-corrected chi connectivity index (χ3v) is 5.64. The first-order valence-electron chi connectivity index (χ1n) is 7.09. The van der Waals surface area contributed by atoms with Crippen LogP contribution in [0.15, 0.2) is 22.5 Å². The predicted molar refractivity (Wildman–Crippen MR) is 113 cm³/mol. The van der Waals surface area contributed by atoms with Crippen LogP contribution in [-0.2, 0) is 0 Å². The molecule has 1 unspecified atom stereocenters. The molecular formula is C15H29IN4S2. The fourth-order valence-electron chi connectivity index (χ4n) is 1.80. The third-order valence-electron chi connectivity index (χ3n) is 3.42. The van der Waals surface area contributed by atoms with Crippen LogP contribution in [0.3, 0.4) is 0 Å². The SMILES string of the molecule is CN=C(NCC(c1cccs1)N(C)C)NCC(C)(C)SC.I. The van der Waals surface area contributed by atoms with Crippen LogP contribution in [0.2, 0.25) is 0 Å². The van der Waals surface area contributed by atoms with Gasteiger partial charge in [-0.3, -0.25) is 4.99 Å². The molecule has 1 rings (SSSR count). The second kappa shape index (κ2) is 10.7. The molecule has 1 atom stereocenters. The summed E-state index contributed by atoms with van der Waals surface area (Å²) in [6.07, 6.45) is 2.14. The second-order valence-electron chi connectivity index (χ2n) is 5.77. The van der Waals surface area contributed by atoms with Gasteiger partial charge in [-0.1, -0.05) is 6.07 Å². The molecule has 0 aliphatic heterocycles. The molecule has 0 spiro atoms. The van der Waals surface area contributed by atoms with Crippen molar-refractivity contribution in [2.24, 2.45) is 4.99 Å². The largest absolute Gasteiger partial charge is 0.355 e. The summed E-state index contributed by atoms with van der Waals surface area (Å²) in [5, 5.41) is 8.96. The number of thiophene rings is 1. The van der Waals surface area contributed by atoms with Crippen molar-refractivity contribution in [1.82, 2.24) is 15.5 Å². The lowest BCUT2D eigenvalue weighted by atomic mass is 10.2. The number of rotatable bonds is 7. The first-order chi connectivity index (χ1) is 9.89. The zero-order valence-corrected chi connectivity index (χ0v) is 18.3. The van der Waals surface area contributed by atoms with E-state index >= 15 is 0 Å². The van der Waals surface area contributed by atoms with Gasteiger partial charge in [0.1, 0.15) is 0 Å². The van der Waals surface area contributed by atoms with Crippen molar-refractivity contribution in [2.45, 2.75) is 24.6 Å². The van der Waals surface area contributed by atoms with E-state index in [2.05, 4.69) is 72.2 Å². The third kappa shape index (κ3) is 7.52. The van der Waals surface area contributed by atoms with Crippen LogP contribution in [0.25, 0.3) is 0 Å². The van der Waals surface area contributed by atoms with Gasteiger partial charge in [0.15, 0.2) is 5.96 Å². The van der Waals surface area contributed by atoms with Crippen molar-refractivity contribution >= 4 is 53.0 Å². The fourth-order valence-corrected chi connectivity index (χ4v) is 2.94. The van der Waals surface area contributed by atoms with Crippen LogP contribution < -0.4 is 10.6 Å². The van der Waals surface area contributed by atoms with E-state index in [-0.39, 0.29) is 28.7 Å². The molecule has 0 amide bonds. The molecule has 0 saturated heterocycles. The van der Waals surface area contributed by atoms with E-state index in [1.165, 1.54) is 4.88 Å². The Balaban J connectivity index is 0.00000441. The van der Waals surface area contributed by atoms with Crippen molar-refractivity contribution in [2.75, 3.05) is 40.5 Å². The van der Waals surface area contributed by atoms with Gasteiger partial charge in [0.05, 0.1) is 6.04 Å². The number of aliphatic imine (C=N–C) groups is 1. The molecule has 0 bridgehead atoms. The summed E-state index contributed by atoms with van der Waals surface area (Å²) in [5.41, 5.74) is 0. The van der Waals surface area contributed by atoms with Gasteiger partial charge in [-0.05, 0) is 45.6 Å². The summed E-state index contributed by atoms with van der Waals surface area (Å²) in [4.78, 5) is 7.91. The monoisotopic (exact) mass is 456 g/mol. The summed E-state index contributed by atoms with van der Waals surface area (Å²) in [6, 6.07) is 4.64. The fraction of sp³-hybridized carbons (Fsp3) is 0.667. The number of thioether (sulfide) groups is 1. The summed E-state index contributed by atoms with van der Waals surface area (Å²) >= 11 is 3.65. The van der Waals surface area contributed by atoms with Crippen LogP contribution in [0.1, 0.15) is 24.8 Å². The Morgan fingerprint density at radius 3 is 2.55 bits per heavy atom. The molecule has 128 valence electrons. The maximum absolute atomic E-state index is 4.31. The van der Waals surface area contributed by atoms with Gasteiger partial charge in [0.2, 0.25) is 0 Å². The van der Waals surface area contributed by atoms with Crippen LogP contribution in [0.4, 0.5) is 0 Å². The molecule has 1 aromatic heterocycles. The molecule has 1 aromatic rings. The lowest BCUT2D eigenvalue weighted by molar-refractivity contribution is 0.302. The van der Waals surface area contributed by atoms with Crippen LogP contribution in [0.5, 0.6) is 0 Å². The Hall–Kier alpha value is 0.01000. The summed E-state index contributed by atoms with van der Waals surface area (Å²) in [6.45, 7) is 6.19. The maximum atomic E-state index is 4.31. The molecule has 22 heavy (non-hydrogen) atoms. The Morgan fingerprint density at radius 1 is 1.41 bits per heavy atom. The predicted octanol–water partition coefficient (Wildman–Crippen LogP) is 3.28. The number of likely N-dealkylation sites (N-methyl/N-ethyl adjacent to an activating group) is 1.